The Bertz CT molecular complexity index is 320. The Kier molecular flexibility index (Phi) is 3.51. The molecule has 0 spiro atoms. The molecule has 0 aromatic rings. The fraction of sp³-hybridized carbons (Fsp3) is 0.273. The van der Waals surface area contributed by atoms with Crippen LogP contribution in [0.2, 0.25) is 0 Å². The van der Waals surface area contributed by atoms with Crippen LogP contribution in [0.15, 0.2) is 47.3 Å². The molecule has 0 aromatic heterocycles. The molecule has 76 valence electrons. The number of hydrogen-bond donors (Lipinski definition) is 2. The minimum atomic E-state index is -0.926. The Morgan fingerprint density at radius 1 is 1.50 bits per heavy atom. The molecule has 14 heavy (non-hydrogen) atoms. The van der Waals surface area contributed by atoms with Crippen molar-refractivity contribution in [1.29, 1.82) is 0 Å². The van der Waals surface area contributed by atoms with Gasteiger partial charge in [0.25, 0.3) is 0 Å². The minimum Gasteiger partial charge on any atom is -0.402 e. The number of rotatable bonds is 2. The molecule has 0 saturated carbocycles. The summed E-state index contributed by atoms with van der Waals surface area (Å²) in [6.45, 7) is 1.77. The molecule has 1 rings (SSSR count). The molecule has 0 aliphatic heterocycles. The van der Waals surface area contributed by atoms with Gasteiger partial charge in [0.15, 0.2) is 0 Å². The van der Waals surface area contributed by atoms with Crippen LogP contribution < -0.4 is 11.5 Å². The SMILES string of the molecule is C/C(N)=C/C=C(\N)C1=CC(F)CC=C1. The van der Waals surface area contributed by atoms with E-state index < -0.39 is 6.17 Å². The van der Waals surface area contributed by atoms with Crippen LogP contribution in [0.4, 0.5) is 4.39 Å². The van der Waals surface area contributed by atoms with E-state index in [1.807, 2.05) is 6.08 Å². The summed E-state index contributed by atoms with van der Waals surface area (Å²) < 4.78 is 12.9. The smallest absolute Gasteiger partial charge is 0.123 e. The molecule has 0 amide bonds. The quantitative estimate of drug-likeness (QED) is 0.660. The minimum absolute atomic E-state index is 0.433. The number of hydrogen-bond acceptors (Lipinski definition) is 2. The highest BCUT2D eigenvalue weighted by atomic mass is 19.1. The maximum atomic E-state index is 12.9. The largest absolute Gasteiger partial charge is 0.402 e. The fourth-order valence-corrected chi connectivity index (χ4v) is 1.15. The summed E-state index contributed by atoms with van der Waals surface area (Å²) in [4.78, 5) is 0. The number of allylic oxidation sites excluding steroid dienone is 6. The van der Waals surface area contributed by atoms with Crippen LogP contribution in [0, 0.1) is 0 Å². The van der Waals surface area contributed by atoms with E-state index in [-0.39, 0.29) is 0 Å². The molecule has 0 radical (unpaired) electrons. The van der Waals surface area contributed by atoms with Crippen LogP contribution >= 0.6 is 0 Å². The third-order valence-corrected chi connectivity index (χ3v) is 1.88. The van der Waals surface area contributed by atoms with Gasteiger partial charge >= 0.3 is 0 Å². The van der Waals surface area contributed by atoms with Gasteiger partial charge < -0.3 is 11.5 Å². The summed E-state index contributed by atoms with van der Waals surface area (Å²) >= 11 is 0. The fourth-order valence-electron chi connectivity index (χ4n) is 1.15. The summed E-state index contributed by atoms with van der Waals surface area (Å²) in [7, 11) is 0. The Morgan fingerprint density at radius 3 is 2.79 bits per heavy atom. The lowest BCUT2D eigenvalue weighted by Crippen LogP contribution is -2.06. The maximum Gasteiger partial charge on any atom is 0.123 e. The third kappa shape index (κ3) is 3.09. The molecule has 0 saturated heterocycles. The van der Waals surface area contributed by atoms with E-state index in [9.17, 15) is 4.39 Å². The van der Waals surface area contributed by atoms with Gasteiger partial charge in [-0.15, -0.1) is 0 Å². The Labute approximate surface area is 83.5 Å². The lowest BCUT2D eigenvalue weighted by molar-refractivity contribution is 0.400. The van der Waals surface area contributed by atoms with Crippen molar-refractivity contribution in [3.63, 3.8) is 0 Å². The van der Waals surface area contributed by atoms with E-state index in [1.54, 1.807) is 25.2 Å². The zero-order valence-corrected chi connectivity index (χ0v) is 8.20. The Hall–Kier alpha value is -1.51. The van der Waals surface area contributed by atoms with E-state index in [1.165, 1.54) is 6.08 Å². The van der Waals surface area contributed by atoms with E-state index >= 15 is 0 Å². The molecule has 0 bridgehead atoms. The summed E-state index contributed by atoms with van der Waals surface area (Å²) in [6.07, 6.45) is 8.01. The predicted octanol–water partition coefficient (Wildman–Crippen LogP) is 1.92. The van der Waals surface area contributed by atoms with Gasteiger partial charge in [-0.25, -0.2) is 4.39 Å². The van der Waals surface area contributed by atoms with Crippen LogP contribution in [0.5, 0.6) is 0 Å². The van der Waals surface area contributed by atoms with Crippen LogP contribution in [-0.4, -0.2) is 6.17 Å². The summed E-state index contributed by atoms with van der Waals surface area (Å²) in [5, 5.41) is 0. The molecule has 3 heteroatoms. The van der Waals surface area contributed by atoms with Gasteiger partial charge in [-0.3, -0.25) is 0 Å². The molecule has 1 aliphatic rings. The third-order valence-electron chi connectivity index (χ3n) is 1.88. The predicted molar refractivity (Wildman–Crippen MR) is 57.0 cm³/mol. The second-order valence-corrected chi connectivity index (χ2v) is 3.31. The summed E-state index contributed by atoms with van der Waals surface area (Å²) in [5.74, 6) is 0. The molecule has 2 nitrogen and oxygen atoms in total. The Balaban J connectivity index is 2.79. The van der Waals surface area contributed by atoms with Crippen LogP contribution in [0.25, 0.3) is 0 Å². The second-order valence-electron chi connectivity index (χ2n) is 3.31. The molecule has 0 fully saturated rings. The van der Waals surface area contributed by atoms with Crippen molar-refractivity contribution < 1.29 is 4.39 Å². The molecule has 0 heterocycles. The lowest BCUT2D eigenvalue weighted by Gasteiger charge is -2.09. The highest BCUT2D eigenvalue weighted by Gasteiger charge is 2.07. The zero-order valence-electron chi connectivity index (χ0n) is 8.20. The highest BCUT2D eigenvalue weighted by Crippen LogP contribution is 2.17. The van der Waals surface area contributed by atoms with Crippen LogP contribution in [0.3, 0.4) is 0 Å². The molecular weight excluding hydrogens is 179 g/mol. The first-order chi connectivity index (χ1) is 6.59. The standard InChI is InChI=1S/C11H15FN2/c1-8(13)5-6-11(14)9-3-2-4-10(12)7-9/h2-3,5-7,10H,4,13-14H2,1H3/b8-5-,11-6-. The topological polar surface area (TPSA) is 52.0 Å². The first kappa shape index (κ1) is 10.6. The maximum absolute atomic E-state index is 12.9. The van der Waals surface area contributed by atoms with Crippen molar-refractivity contribution in [3.05, 3.63) is 47.3 Å². The van der Waals surface area contributed by atoms with Gasteiger partial charge in [-0.2, -0.15) is 0 Å². The van der Waals surface area contributed by atoms with Crippen molar-refractivity contribution in [3.8, 4) is 0 Å². The second kappa shape index (κ2) is 4.65. The molecule has 1 aliphatic carbocycles. The highest BCUT2D eigenvalue weighted by molar-refractivity contribution is 5.42. The lowest BCUT2D eigenvalue weighted by atomic mass is 10.0. The van der Waals surface area contributed by atoms with Crippen molar-refractivity contribution in [2.75, 3.05) is 0 Å². The van der Waals surface area contributed by atoms with E-state index in [4.69, 9.17) is 11.5 Å². The van der Waals surface area contributed by atoms with E-state index in [0.29, 0.717) is 17.8 Å². The number of nitrogens with two attached hydrogens (primary N) is 2. The average Bonchev–Trinajstić information content (AvgIpc) is 2.14. The molecule has 1 atom stereocenters. The van der Waals surface area contributed by atoms with E-state index in [0.717, 1.165) is 5.57 Å². The van der Waals surface area contributed by atoms with E-state index in [2.05, 4.69) is 0 Å². The Morgan fingerprint density at radius 2 is 2.21 bits per heavy atom. The summed E-state index contributed by atoms with van der Waals surface area (Å²) in [6, 6.07) is 0. The molecule has 4 N–H and O–H groups in total. The van der Waals surface area contributed by atoms with Crippen molar-refractivity contribution >= 4 is 0 Å². The van der Waals surface area contributed by atoms with Crippen LogP contribution in [-0.2, 0) is 0 Å². The number of halogens is 1. The van der Waals surface area contributed by atoms with Gasteiger partial charge in [0.2, 0.25) is 0 Å². The average molecular weight is 194 g/mol. The number of alkyl halides is 1. The van der Waals surface area contributed by atoms with Crippen molar-refractivity contribution in [2.24, 2.45) is 11.5 Å². The van der Waals surface area contributed by atoms with Crippen molar-refractivity contribution in [1.82, 2.24) is 0 Å². The van der Waals surface area contributed by atoms with Gasteiger partial charge in [0, 0.05) is 17.8 Å². The summed E-state index contributed by atoms with van der Waals surface area (Å²) in [5.41, 5.74) is 13.1. The monoisotopic (exact) mass is 194 g/mol. The normalized spacial score (nSPS) is 23.6. The van der Waals surface area contributed by atoms with Gasteiger partial charge in [0.05, 0.1) is 0 Å². The molecule has 1 unspecified atom stereocenters. The van der Waals surface area contributed by atoms with Gasteiger partial charge in [-0.1, -0.05) is 12.2 Å². The van der Waals surface area contributed by atoms with Gasteiger partial charge in [0.1, 0.15) is 6.17 Å². The first-order valence-corrected chi connectivity index (χ1v) is 4.52. The van der Waals surface area contributed by atoms with Crippen LogP contribution in [0.1, 0.15) is 13.3 Å². The van der Waals surface area contributed by atoms with Crippen molar-refractivity contribution in [2.45, 2.75) is 19.5 Å². The molecule has 0 aromatic carbocycles. The van der Waals surface area contributed by atoms with Gasteiger partial charge in [-0.05, 0) is 30.7 Å². The zero-order chi connectivity index (χ0) is 10.6. The first-order valence-electron chi connectivity index (χ1n) is 4.52. The molecular formula is C11H15FN2.